The Labute approximate surface area is 128 Å². The zero-order chi connectivity index (χ0) is 15.4. The standard InChI is InChI=1S/C13H21N3O4S/c1-15-7-9(2-3-11(15)17)14-13(20)16-4-5-21-8-10(16)6-12(18)19/h9-10H,2-8H2,1H3,(H,14,20)(H,18,19). The number of carboxylic acids is 1. The SMILES string of the molecule is CN1CC(NC(=O)N2CCSCC2CC(=O)O)CCC1=O. The summed E-state index contributed by atoms with van der Waals surface area (Å²) in [4.78, 5) is 37.9. The Morgan fingerprint density at radius 2 is 2.24 bits per heavy atom. The van der Waals surface area contributed by atoms with Gasteiger partial charge in [-0.3, -0.25) is 9.59 Å². The van der Waals surface area contributed by atoms with Gasteiger partial charge in [0.2, 0.25) is 5.91 Å². The van der Waals surface area contributed by atoms with Gasteiger partial charge in [0, 0.05) is 44.1 Å². The van der Waals surface area contributed by atoms with E-state index in [0.29, 0.717) is 31.7 Å². The molecule has 2 rings (SSSR count). The van der Waals surface area contributed by atoms with Gasteiger partial charge in [-0.15, -0.1) is 0 Å². The molecule has 7 nitrogen and oxygen atoms in total. The summed E-state index contributed by atoms with van der Waals surface area (Å²) < 4.78 is 0. The van der Waals surface area contributed by atoms with Crippen LogP contribution in [0.4, 0.5) is 4.79 Å². The third-order valence-corrected chi connectivity index (χ3v) is 4.94. The number of thioether (sulfide) groups is 1. The van der Waals surface area contributed by atoms with Crippen LogP contribution in [0, 0.1) is 0 Å². The topological polar surface area (TPSA) is 90.0 Å². The first-order chi connectivity index (χ1) is 9.97. The van der Waals surface area contributed by atoms with E-state index >= 15 is 0 Å². The van der Waals surface area contributed by atoms with Gasteiger partial charge in [0.15, 0.2) is 0 Å². The van der Waals surface area contributed by atoms with Crippen LogP contribution in [-0.2, 0) is 9.59 Å². The molecular formula is C13H21N3O4S. The number of likely N-dealkylation sites (tertiary alicyclic amines) is 1. The molecule has 8 heteroatoms. The van der Waals surface area contributed by atoms with E-state index < -0.39 is 5.97 Å². The number of hydrogen-bond donors (Lipinski definition) is 2. The Kier molecular flexibility index (Phi) is 5.33. The molecule has 3 amide bonds. The van der Waals surface area contributed by atoms with E-state index in [9.17, 15) is 14.4 Å². The molecule has 2 saturated heterocycles. The Morgan fingerprint density at radius 3 is 2.90 bits per heavy atom. The fourth-order valence-corrected chi connectivity index (χ4v) is 3.74. The van der Waals surface area contributed by atoms with Crippen molar-refractivity contribution in [2.24, 2.45) is 0 Å². The third-order valence-electron chi connectivity index (χ3n) is 3.85. The summed E-state index contributed by atoms with van der Waals surface area (Å²) in [5.74, 6) is 0.692. The second kappa shape index (κ2) is 7.02. The molecule has 0 saturated carbocycles. The monoisotopic (exact) mass is 315 g/mol. The van der Waals surface area contributed by atoms with Crippen molar-refractivity contribution in [2.75, 3.05) is 31.6 Å². The number of aliphatic carboxylic acids is 1. The van der Waals surface area contributed by atoms with Gasteiger partial charge in [-0.1, -0.05) is 0 Å². The molecule has 0 aliphatic carbocycles. The van der Waals surface area contributed by atoms with Crippen LogP contribution in [0.1, 0.15) is 19.3 Å². The molecule has 2 heterocycles. The normalized spacial score (nSPS) is 26.6. The highest BCUT2D eigenvalue weighted by molar-refractivity contribution is 7.99. The van der Waals surface area contributed by atoms with E-state index in [0.717, 1.165) is 5.75 Å². The van der Waals surface area contributed by atoms with Crippen molar-refractivity contribution in [3.05, 3.63) is 0 Å². The largest absolute Gasteiger partial charge is 0.481 e. The van der Waals surface area contributed by atoms with Gasteiger partial charge in [0.1, 0.15) is 0 Å². The number of amides is 3. The van der Waals surface area contributed by atoms with Crippen LogP contribution in [0.2, 0.25) is 0 Å². The van der Waals surface area contributed by atoms with Gasteiger partial charge in [-0.05, 0) is 6.42 Å². The number of nitrogens with one attached hydrogen (secondary N) is 1. The molecule has 21 heavy (non-hydrogen) atoms. The number of carboxylic acid groups (broad SMARTS) is 1. The Morgan fingerprint density at radius 1 is 1.48 bits per heavy atom. The van der Waals surface area contributed by atoms with Gasteiger partial charge >= 0.3 is 12.0 Å². The second-order valence-electron chi connectivity index (χ2n) is 5.48. The number of urea groups is 1. The molecule has 2 atom stereocenters. The molecule has 0 aromatic carbocycles. The first-order valence-electron chi connectivity index (χ1n) is 7.08. The van der Waals surface area contributed by atoms with Crippen LogP contribution in [-0.4, -0.2) is 76.5 Å². The van der Waals surface area contributed by atoms with Gasteiger partial charge in [0.05, 0.1) is 12.5 Å². The first-order valence-corrected chi connectivity index (χ1v) is 8.23. The molecular weight excluding hydrogens is 294 g/mol. The zero-order valence-corrected chi connectivity index (χ0v) is 12.9. The first kappa shape index (κ1) is 15.9. The maximum Gasteiger partial charge on any atom is 0.317 e. The minimum absolute atomic E-state index is 0.0243. The van der Waals surface area contributed by atoms with E-state index in [1.165, 1.54) is 0 Å². The molecule has 0 radical (unpaired) electrons. The molecule has 2 N–H and O–H groups in total. The number of carbonyl (C=O) groups is 3. The lowest BCUT2D eigenvalue weighted by Gasteiger charge is -2.37. The number of hydrogen-bond acceptors (Lipinski definition) is 4. The Bertz CT molecular complexity index is 432. The summed E-state index contributed by atoms with van der Waals surface area (Å²) in [5.41, 5.74) is 0. The summed E-state index contributed by atoms with van der Waals surface area (Å²) in [6.07, 6.45) is 1.06. The smallest absolute Gasteiger partial charge is 0.317 e. The maximum absolute atomic E-state index is 12.4. The summed E-state index contributed by atoms with van der Waals surface area (Å²) in [6.45, 7) is 1.08. The highest BCUT2D eigenvalue weighted by Crippen LogP contribution is 2.19. The molecule has 2 fully saturated rings. The van der Waals surface area contributed by atoms with Gasteiger partial charge in [-0.2, -0.15) is 11.8 Å². The second-order valence-corrected chi connectivity index (χ2v) is 6.63. The minimum Gasteiger partial charge on any atom is -0.481 e. The average molecular weight is 315 g/mol. The molecule has 0 bridgehead atoms. The van der Waals surface area contributed by atoms with Crippen LogP contribution in [0.15, 0.2) is 0 Å². The van der Waals surface area contributed by atoms with Crippen LogP contribution in [0.25, 0.3) is 0 Å². The van der Waals surface area contributed by atoms with Crippen molar-refractivity contribution in [2.45, 2.75) is 31.3 Å². The maximum atomic E-state index is 12.4. The lowest BCUT2D eigenvalue weighted by Crippen LogP contribution is -2.56. The minimum atomic E-state index is -0.886. The molecule has 0 aromatic heterocycles. The van der Waals surface area contributed by atoms with Crippen molar-refractivity contribution in [1.29, 1.82) is 0 Å². The van der Waals surface area contributed by atoms with Gasteiger partial charge in [0.25, 0.3) is 0 Å². The van der Waals surface area contributed by atoms with Gasteiger partial charge < -0.3 is 20.2 Å². The van der Waals surface area contributed by atoms with Crippen LogP contribution in [0.3, 0.4) is 0 Å². The summed E-state index contributed by atoms with van der Waals surface area (Å²) in [7, 11) is 1.73. The number of nitrogens with zero attached hydrogens (tertiary/aromatic N) is 2. The number of piperidine rings is 1. The summed E-state index contributed by atoms with van der Waals surface area (Å²) in [6, 6.07) is -0.529. The van der Waals surface area contributed by atoms with E-state index in [1.54, 1.807) is 28.6 Å². The summed E-state index contributed by atoms with van der Waals surface area (Å²) >= 11 is 1.68. The summed E-state index contributed by atoms with van der Waals surface area (Å²) in [5, 5.41) is 11.9. The Hall–Kier alpha value is -1.44. The van der Waals surface area contributed by atoms with E-state index in [2.05, 4.69) is 5.32 Å². The highest BCUT2D eigenvalue weighted by atomic mass is 32.2. The number of carbonyl (C=O) groups excluding carboxylic acids is 2. The number of rotatable bonds is 3. The quantitative estimate of drug-likeness (QED) is 0.777. The molecule has 2 aliphatic rings. The van der Waals surface area contributed by atoms with E-state index in [4.69, 9.17) is 5.11 Å². The highest BCUT2D eigenvalue weighted by Gasteiger charge is 2.31. The van der Waals surface area contributed by atoms with Crippen molar-refractivity contribution in [3.63, 3.8) is 0 Å². The molecule has 118 valence electrons. The predicted octanol–water partition coefficient (Wildman–Crippen LogP) is 0.209. The van der Waals surface area contributed by atoms with Crippen molar-refractivity contribution < 1.29 is 19.5 Å². The fourth-order valence-electron chi connectivity index (χ4n) is 2.68. The van der Waals surface area contributed by atoms with Crippen LogP contribution < -0.4 is 5.32 Å². The number of likely N-dealkylation sites (N-methyl/N-ethyl adjacent to an activating group) is 1. The van der Waals surface area contributed by atoms with Crippen molar-refractivity contribution in [1.82, 2.24) is 15.1 Å². The van der Waals surface area contributed by atoms with E-state index in [1.807, 2.05) is 0 Å². The molecule has 0 aromatic rings. The Balaban J connectivity index is 1.91. The van der Waals surface area contributed by atoms with Crippen molar-refractivity contribution >= 4 is 29.7 Å². The molecule has 2 unspecified atom stereocenters. The fraction of sp³-hybridized carbons (Fsp3) is 0.769. The average Bonchev–Trinajstić information content (AvgIpc) is 2.43. The van der Waals surface area contributed by atoms with Crippen LogP contribution >= 0.6 is 11.8 Å². The third kappa shape index (κ3) is 4.26. The zero-order valence-electron chi connectivity index (χ0n) is 12.1. The lowest BCUT2D eigenvalue weighted by atomic mass is 10.1. The lowest BCUT2D eigenvalue weighted by molar-refractivity contribution is -0.138. The molecule has 2 aliphatic heterocycles. The van der Waals surface area contributed by atoms with Gasteiger partial charge in [-0.25, -0.2) is 4.79 Å². The predicted molar refractivity (Wildman–Crippen MR) is 79.3 cm³/mol. The van der Waals surface area contributed by atoms with Crippen molar-refractivity contribution in [3.8, 4) is 0 Å². The molecule has 0 spiro atoms. The van der Waals surface area contributed by atoms with E-state index in [-0.39, 0.29) is 30.4 Å². The van der Waals surface area contributed by atoms with Crippen LogP contribution in [0.5, 0.6) is 0 Å².